The van der Waals surface area contributed by atoms with Gasteiger partial charge in [-0.05, 0) is 43.5 Å². The first-order valence-electron chi connectivity index (χ1n) is 9.35. The summed E-state index contributed by atoms with van der Waals surface area (Å²) in [7, 11) is 1.75. The number of nitrogens with one attached hydrogen (secondary N) is 1. The highest BCUT2D eigenvalue weighted by atomic mass is 32.2. The number of aromatic nitrogens is 3. The van der Waals surface area contributed by atoms with Crippen molar-refractivity contribution in [2.75, 3.05) is 0 Å². The van der Waals surface area contributed by atoms with Gasteiger partial charge in [0.25, 0.3) is 10.6 Å². The van der Waals surface area contributed by atoms with E-state index in [1.807, 2.05) is 41.9 Å². The van der Waals surface area contributed by atoms with Gasteiger partial charge in [-0.15, -0.1) is 4.72 Å². The lowest BCUT2D eigenvalue weighted by Crippen LogP contribution is -2.36. The van der Waals surface area contributed by atoms with Crippen molar-refractivity contribution in [1.82, 2.24) is 18.7 Å². The summed E-state index contributed by atoms with van der Waals surface area (Å²) in [4.78, 5) is 16.3. The standard InChI is InChI=1S/C20H24N4O2S/c1-14-10-16(12-23(2)20(14)25)15-8-9-18-21-11-19(24(18)13-15)27(26)22-17-6-4-3-5-7-17/h8-13,17,22H,3-7H2,1-2H3. The average Bonchev–Trinajstić information content (AvgIpc) is 3.10. The predicted molar refractivity (Wildman–Crippen MR) is 107 cm³/mol. The number of fused-ring (bicyclic) bond motifs is 1. The lowest BCUT2D eigenvalue weighted by atomic mass is 9.96. The molecule has 3 heterocycles. The third kappa shape index (κ3) is 3.67. The molecule has 1 fully saturated rings. The highest BCUT2D eigenvalue weighted by Crippen LogP contribution is 2.23. The minimum atomic E-state index is -1.31. The summed E-state index contributed by atoms with van der Waals surface area (Å²) < 4.78 is 19.6. The summed E-state index contributed by atoms with van der Waals surface area (Å²) in [6.45, 7) is 1.82. The van der Waals surface area contributed by atoms with Gasteiger partial charge in [0.15, 0.2) is 0 Å². The number of hydrogen-bond acceptors (Lipinski definition) is 4. The van der Waals surface area contributed by atoms with E-state index in [0.717, 1.165) is 29.6 Å². The molecule has 1 saturated carbocycles. The summed E-state index contributed by atoms with van der Waals surface area (Å²) in [5.41, 5.74) is 3.36. The Kier molecular flexibility index (Phi) is 5.08. The number of pyridine rings is 2. The molecule has 1 unspecified atom stereocenters. The molecular formula is C20H24N4O2S. The fraction of sp³-hybridized carbons (Fsp3) is 0.400. The fourth-order valence-electron chi connectivity index (χ4n) is 3.73. The van der Waals surface area contributed by atoms with Crippen LogP contribution >= 0.6 is 0 Å². The summed E-state index contributed by atoms with van der Waals surface area (Å²) in [6, 6.07) is 6.08. The molecule has 3 aromatic heterocycles. The molecule has 3 aromatic rings. The summed E-state index contributed by atoms with van der Waals surface area (Å²) in [6.07, 6.45) is 11.2. The zero-order valence-corrected chi connectivity index (χ0v) is 16.5. The van der Waals surface area contributed by atoms with Crippen LogP contribution in [0.3, 0.4) is 0 Å². The van der Waals surface area contributed by atoms with Gasteiger partial charge in [0.05, 0.1) is 17.4 Å². The molecule has 0 radical (unpaired) electrons. The Morgan fingerprint density at radius 2 is 1.96 bits per heavy atom. The highest BCUT2D eigenvalue weighted by Gasteiger charge is 2.24. The van der Waals surface area contributed by atoms with Crippen molar-refractivity contribution in [1.29, 1.82) is 0 Å². The van der Waals surface area contributed by atoms with Crippen LogP contribution in [0.5, 0.6) is 0 Å². The van der Waals surface area contributed by atoms with Crippen molar-refractivity contribution < 1.29 is 4.55 Å². The van der Waals surface area contributed by atoms with Crippen molar-refractivity contribution in [2.24, 2.45) is 7.05 Å². The van der Waals surface area contributed by atoms with Gasteiger partial charge in [0, 0.05) is 30.6 Å². The third-order valence-corrected chi connectivity index (χ3v) is 6.47. The Morgan fingerprint density at radius 1 is 1.19 bits per heavy atom. The monoisotopic (exact) mass is 384 g/mol. The van der Waals surface area contributed by atoms with E-state index in [1.165, 1.54) is 19.3 Å². The van der Waals surface area contributed by atoms with E-state index >= 15 is 0 Å². The van der Waals surface area contributed by atoms with Crippen LogP contribution in [0.4, 0.5) is 0 Å². The third-order valence-electron chi connectivity index (χ3n) is 5.24. The van der Waals surface area contributed by atoms with Gasteiger partial charge < -0.3 is 9.12 Å². The van der Waals surface area contributed by atoms with E-state index < -0.39 is 11.4 Å². The van der Waals surface area contributed by atoms with Crippen molar-refractivity contribution in [3.05, 3.63) is 52.7 Å². The topological polar surface area (TPSA) is 74.4 Å². The van der Waals surface area contributed by atoms with E-state index in [1.54, 1.807) is 17.8 Å². The summed E-state index contributed by atoms with van der Waals surface area (Å²) in [5.74, 6) is 0. The zero-order valence-electron chi connectivity index (χ0n) is 15.6. The molecule has 1 atom stereocenters. The molecule has 1 N–H and O–H groups in total. The van der Waals surface area contributed by atoms with Crippen molar-refractivity contribution in [3.63, 3.8) is 0 Å². The van der Waals surface area contributed by atoms with Crippen LogP contribution in [0.2, 0.25) is 0 Å². The first-order chi connectivity index (χ1) is 13.0. The Labute approximate surface area is 161 Å². The van der Waals surface area contributed by atoms with E-state index in [-0.39, 0.29) is 5.56 Å². The van der Waals surface area contributed by atoms with Crippen LogP contribution < -0.4 is 10.3 Å². The summed E-state index contributed by atoms with van der Waals surface area (Å²) in [5, 5.41) is 0.652. The molecule has 7 heteroatoms. The second kappa shape index (κ2) is 7.50. The van der Waals surface area contributed by atoms with Gasteiger partial charge in [-0.25, -0.2) is 4.98 Å². The summed E-state index contributed by atoms with van der Waals surface area (Å²) >= 11 is -1.31. The zero-order chi connectivity index (χ0) is 19.0. The first-order valence-corrected chi connectivity index (χ1v) is 10.5. The van der Waals surface area contributed by atoms with Crippen molar-refractivity contribution >= 4 is 17.0 Å². The van der Waals surface area contributed by atoms with Crippen LogP contribution in [-0.2, 0) is 18.4 Å². The van der Waals surface area contributed by atoms with E-state index in [4.69, 9.17) is 0 Å². The Morgan fingerprint density at radius 3 is 2.70 bits per heavy atom. The average molecular weight is 385 g/mol. The van der Waals surface area contributed by atoms with Gasteiger partial charge in [0.1, 0.15) is 11.8 Å². The SMILES string of the molecule is Cc1cc(-c2ccc3ncc([S+]([O-])NC4CCCCC4)n3c2)cn(C)c1=O. The van der Waals surface area contributed by atoms with Gasteiger partial charge in [-0.3, -0.25) is 9.20 Å². The second-order valence-corrected chi connectivity index (χ2v) is 8.48. The maximum absolute atomic E-state index is 12.9. The molecule has 0 spiro atoms. The quantitative estimate of drug-likeness (QED) is 0.702. The maximum atomic E-state index is 12.9. The van der Waals surface area contributed by atoms with Gasteiger partial charge in [-0.2, -0.15) is 0 Å². The van der Waals surface area contributed by atoms with E-state index in [9.17, 15) is 9.35 Å². The number of rotatable bonds is 4. The molecule has 0 saturated heterocycles. The predicted octanol–water partition coefficient (Wildman–Crippen LogP) is 2.95. The number of hydrogen-bond donors (Lipinski definition) is 1. The first kappa shape index (κ1) is 18.3. The molecule has 1 aliphatic carbocycles. The van der Waals surface area contributed by atoms with Crippen molar-refractivity contribution in [3.8, 4) is 11.1 Å². The lowest BCUT2D eigenvalue weighted by Gasteiger charge is -2.22. The molecule has 142 valence electrons. The molecular weight excluding hydrogens is 360 g/mol. The van der Waals surface area contributed by atoms with Gasteiger partial charge >= 0.3 is 0 Å². The van der Waals surface area contributed by atoms with Crippen LogP contribution in [0.1, 0.15) is 37.7 Å². The molecule has 0 aliphatic heterocycles. The fourth-order valence-corrected chi connectivity index (χ4v) is 4.87. The van der Waals surface area contributed by atoms with E-state index in [0.29, 0.717) is 16.6 Å². The number of imidazole rings is 1. The van der Waals surface area contributed by atoms with Gasteiger partial charge in [0.2, 0.25) is 0 Å². The Hall–Kier alpha value is -2.09. The van der Waals surface area contributed by atoms with Crippen LogP contribution in [0.25, 0.3) is 16.8 Å². The second-order valence-electron chi connectivity index (χ2n) is 7.29. The minimum absolute atomic E-state index is 0.000864. The largest absolute Gasteiger partial charge is 0.592 e. The number of aryl methyl sites for hydroxylation is 2. The smallest absolute Gasteiger partial charge is 0.270 e. The molecule has 0 amide bonds. The molecule has 1 aliphatic rings. The van der Waals surface area contributed by atoms with E-state index in [2.05, 4.69) is 9.71 Å². The maximum Gasteiger partial charge on any atom is 0.270 e. The number of nitrogens with zero attached hydrogens (tertiary/aromatic N) is 3. The molecule has 6 nitrogen and oxygen atoms in total. The lowest BCUT2D eigenvalue weighted by molar-refractivity contribution is 0.411. The Balaban J connectivity index is 1.67. The van der Waals surface area contributed by atoms with Crippen molar-refractivity contribution in [2.45, 2.75) is 50.1 Å². The molecule has 0 bridgehead atoms. The normalized spacial score (nSPS) is 16.7. The Bertz CT molecular complexity index is 994. The minimum Gasteiger partial charge on any atom is -0.592 e. The highest BCUT2D eigenvalue weighted by molar-refractivity contribution is 7.89. The van der Waals surface area contributed by atoms with Gasteiger partial charge in [-0.1, -0.05) is 19.3 Å². The molecule has 27 heavy (non-hydrogen) atoms. The molecule has 4 rings (SSSR count). The van der Waals surface area contributed by atoms with Crippen LogP contribution in [0, 0.1) is 6.92 Å². The van der Waals surface area contributed by atoms with Crippen LogP contribution in [0.15, 0.2) is 46.6 Å². The van der Waals surface area contributed by atoms with Crippen LogP contribution in [-0.4, -0.2) is 24.5 Å². The molecule has 0 aromatic carbocycles.